The van der Waals surface area contributed by atoms with E-state index in [1.165, 1.54) is 0 Å². The van der Waals surface area contributed by atoms with Gasteiger partial charge in [0, 0.05) is 29.3 Å². The molecule has 4 heteroatoms. The number of thiocarbonyl (C=S) groups is 1. The van der Waals surface area contributed by atoms with Crippen LogP contribution in [0.3, 0.4) is 0 Å². The Bertz CT molecular complexity index is 721. The van der Waals surface area contributed by atoms with Gasteiger partial charge in [-0.15, -0.1) is 11.8 Å². The number of hydrogen-bond donors (Lipinski definition) is 1. The van der Waals surface area contributed by atoms with Crippen molar-refractivity contribution in [3.63, 3.8) is 0 Å². The smallest absolute Gasteiger partial charge is 0.123 e. The summed E-state index contributed by atoms with van der Waals surface area (Å²) in [7, 11) is 0. The lowest BCUT2D eigenvalue weighted by Gasteiger charge is -2.28. The molecule has 25 heavy (non-hydrogen) atoms. The second-order valence-corrected chi connectivity index (χ2v) is 10.0. The van der Waals surface area contributed by atoms with E-state index >= 15 is 0 Å². The van der Waals surface area contributed by atoms with Gasteiger partial charge in [0.05, 0.1) is 4.20 Å². The first-order valence-corrected chi connectivity index (χ1v) is 9.83. The molecular weight excluding hydrogens is 346 g/mol. The van der Waals surface area contributed by atoms with Crippen LogP contribution in [0.5, 0.6) is 5.75 Å². The van der Waals surface area contributed by atoms with Gasteiger partial charge in [0.1, 0.15) is 5.75 Å². The second-order valence-electron chi connectivity index (χ2n) is 8.36. The maximum Gasteiger partial charge on any atom is 0.123 e. The minimum Gasteiger partial charge on any atom is -0.507 e. The molecule has 0 bridgehead atoms. The summed E-state index contributed by atoms with van der Waals surface area (Å²) >= 11 is 7.33. The number of benzene rings is 1. The third-order valence-corrected chi connectivity index (χ3v) is 5.62. The van der Waals surface area contributed by atoms with E-state index in [0.29, 0.717) is 5.75 Å². The lowest BCUT2D eigenvalue weighted by atomic mass is 9.78. The van der Waals surface area contributed by atoms with E-state index in [-0.39, 0.29) is 10.8 Å². The van der Waals surface area contributed by atoms with Crippen LogP contribution in [0.15, 0.2) is 36.7 Å². The quantitative estimate of drug-likeness (QED) is 0.670. The molecule has 0 amide bonds. The highest BCUT2D eigenvalue weighted by atomic mass is 32.2. The fraction of sp³-hybridized carbons (Fsp3) is 0.429. The van der Waals surface area contributed by atoms with E-state index in [0.717, 1.165) is 32.2 Å². The van der Waals surface area contributed by atoms with E-state index in [4.69, 9.17) is 12.2 Å². The van der Waals surface area contributed by atoms with Crippen molar-refractivity contribution in [1.82, 2.24) is 4.98 Å². The number of pyridine rings is 1. The Hall–Kier alpha value is -1.39. The number of rotatable bonds is 3. The van der Waals surface area contributed by atoms with E-state index in [1.807, 2.05) is 24.4 Å². The first kappa shape index (κ1) is 19.9. The molecule has 0 saturated heterocycles. The zero-order chi connectivity index (χ0) is 18.8. The maximum atomic E-state index is 10.8. The van der Waals surface area contributed by atoms with Crippen LogP contribution in [0.4, 0.5) is 0 Å². The molecular formula is C21H27NOS2. The SMILES string of the molecule is CC(C)(C)c1cc(C(=S)SCc2cccnc2)cc(C(C)(C)C)c1O. The molecule has 1 heterocycles. The average Bonchev–Trinajstić information content (AvgIpc) is 2.51. The van der Waals surface area contributed by atoms with Gasteiger partial charge < -0.3 is 5.11 Å². The van der Waals surface area contributed by atoms with Crippen molar-refractivity contribution in [2.24, 2.45) is 0 Å². The molecule has 1 aromatic carbocycles. The largest absolute Gasteiger partial charge is 0.507 e. The lowest BCUT2D eigenvalue weighted by molar-refractivity contribution is 0.423. The molecule has 0 fully saturated rings. The summed E-state index contributed by atoms with van der Waals surface area (Å²) in [6.07, 6.45) is 3.64. The summed E-state index contributed by atoms with van der Waals surface area (Å²) in [6, 6.07) is 8.09. The number of aromatic hydroxyl groups is 1. The van der Waals surface area contributed by atoms with Crippen LogP contribution >= 0.6 is 24.0 Å². The molecule has 0 saturated carbocycles. The number of phenolic OH excluding ortho intramolecular Hbond substituents is 1. The number of phenols is 1. The lowest BCUT2D eigenvalue weighted by Crippen LogP contribution is -2.18. The summed E-state index contributed by atoms with van der Waals surface area (Å²) in [4.78, 5) is 4.15. The van der Waals surface area contributed by atoms with Crippen LogP contribution in [0.2, 0.25) is 0 Å². The van der Waals surface area contributed by atoms with Crippen LogP contribution in [0.25, 0.3) is 0 Å². The van der Waals surface area contributed by atoms with Gasteiger partial charge in [0.25, 0.3) is 0 Å². The predicted octanol–water partition coefficient (Wildman–Crippen LogP) is 5.99. The molecule has 2 aromatic rings. The van der Waals surface area contributed by atoms with Gasteiger partial charge in [0.15, 0.2) is 0 Å². The van der Waals surface area contributed by atoms with Crippen molar-refractivity contribution < 1.29 is 5.11 Å². The van der Waals surface area contributed by atoms with Crippen molar-refractivity contribution in [1.29, 1.82) is 0 Å². The highest BCUT2D eigenvalue weighted by molar-refractivity contribution is 8.23. The van der Waals surface area contributed by atoms with Crippen LogP contribution in [0.1, 0.15) is 63.8 Å². The van der Waals surface area contributed by atoms with Crippen LogP contribution in [0, 0.1) is 0 Å². The normalized spacial score (nSPS) is 12.2. The van der Waals surface area contributed by atoms with Crippen LogP contribution in [-0.2, 0) is 16.6 Å². The first-order chi connectivity index (χ1) is 11.5. The highest BCUT2D eigenvalue weighted by Gasteiger charge is 2.27. The Morgan fingerprint density at radius 3 is 2.08 bits per heavy atom. The zero-order valence-corrected chi connectivity index (χ0v) is 17.5. The number of aromatic nitrogens is 1. The molecule has 0 radical (unpaired) electrons. The van der Waals surface area contributed by atoms with Crippen molar-refractivity contribution in [3.05, 3.63) is 58.9 Å². The number of nitrogens with zero attached hydrogens (tertiary/aromatic N) is 1. The van der Waals surface area contributed by atoms with Crippen LogP contribution in [-0.4, -0.2) is 14.3 Å². The topological polar surface area (TPSA) is 33.1 Å². The summed E-state index contributed by atoms with van der Waals surface area (Å²) in [5.74, 6) is 1.19. The van der Waals surface area contributed by atoms with Crippen molar-refractivity contribution >= 4 is 28.2 Å². The van der Waals surface area contributed by atoms with Crippen molar-refractivity contribution in [2.45, 2.75) is 58.1 Å². The predicted molar refractivity (Wildman–Crippen MR) is 113 cm³/mol. The molecule has 1 N–H and O–H groups in total. The monoisotopic (exact) mass is 373 g/mol. The Morgan fingerprint density at radius 1 is 1.08 bits per heavy atom. The van der Waals surface area contributed by atoms with E-state index in [9.17, 15) is 5.11 Å². The Kier molecular flexibility index (Phi) is 5.95. The summed E-state index contributed by atoms with van der Waals surface area (Å²) in [5.41, 5.74) is 3.75. The maximum absolute atomic E-state index is 10.8. The van der Waals surface area contributed by atoms with Crippen molar-refractivity contribution in [3.8, 4) is 5.75 Å². The van der Waals surface area contributed by atoms with Gasteiger partial charge in [-0.1, -0.05) is 59.8 Å². The average molecular weight is 374 g/mol. The minimum absolute atomic E-state index is 0.149. The first-order valence-electron chi connectivity index (χ1n) is 8.44. The fourth-order valence-corrected chi connectivity index (χ4v) is 3.66. The molecule has 0 aliphatic carbocycles. The van der Waals surface area contributed by atoms with Gasteiger partial charge in [-0.05, 0) is 40.2 Å². The third kappa shape index (κ3) is 5.05. The number of hydrogen-bond acceptors (Lipinski definition) is 4. The molecule has 2 rings (SSSR count). The molecule has 2 nitrogen and oxygen atoms in total. The van der Waals surface area contributed by atoms with Gasteiger partial charge in [-0.3, -0.25) is 4.98 Å². The summed E-state index contributed by atoms with van der Waals surface area (Å²) < 4.78 is 0.847. The molecule has 0 spiro atoms. The fourth-order valence-electron chi connectivity index (χ4n) is 2.61. The van der Waals surface area contributed by atoms with Gasteiger partial charge >= 0.3 is 0 Å². The summed E-state index contributed by atoms with van der Waals surface area (Å²) in [5, 5.41) is 10.8. The molecule has 0 unspecified atom stereocenters. The third-order valence-electron chi connectivity index (χ3n) is 4.05. The molecule has 0 aliphatic heterocycles. The van der Waals surface area contributed by atoms with Crippen LogP contribution < -0.4 is 0 Å². The van der Waals surface area contributed by atoms with Gasteiger partial charge in [-0.2, -0.15) is 0 Å². The standard InChI is InChI=1S/C21H27NOS2/c1-20(2,3)16-10-15(11-17(18(16)23)21(4,5)6)19(24)25-13-14-8-7-9-22-12-14/h7-12,23H,13H2,1-6H3. The van der Waals surface area contributed by atoms with E-state index in [2.05, 4.69) is 52.6 Å². The summed E-state index contributed by atoms with van der Waals surface area (Å²) in [6.45, 7) is 12.7. The Morgan fingerprint density at radius 2 is 1.64 bits per heavy atom. The van der Waals surface area contributed by atoms with Gasteiger partial charge in [-0.25, -0.2) is 0 Å². The Labute approximate surface area is 161 Å². The molecule has 134 valence electrons. The van der Waals surface area contributed by atoms with Crippen molar-refractivity contribution in [2.75, 3.05) is 0 Å². The molecule has 0 aliphatic rings. The molecule has 0 atom stereocenters. The Balaban J connectivity index is 2.38. The van der Waals surface area contributed by atoms with Gasteiger partial charge in [0.2, 0.25) is 0 Å². The minimum atomic E-state index is -0.149. The zero-order valence-electron chi connectivity index (χ0n) is 15.9. The second kappa shape index (κ2) is 7.46. The number of thioether (sulfide) groups is 1. The highest BCUT2D eigenvalue weighted by Crippen LogP contribution is 2.40. The molecule has 1 aromatic heterocycles. The van der Waals surface area contributed by atoms with E-state index < -0.39 is 0 Å². The van der Waals surface area contributed by atoms with E-state index in [1.54, 1.807) is 18.0 Å².